The first-order valence-electron chi connectivity index (χ1n) is 6.79. The Bertz CT molecular complexity index is 582. The largest absolute Gasteiger partial charge is 0.368 e. The molecule has 1 aromatic carbocycles. The molecule has 0 bridgehead atoms. The lowest BCUT2D eigenvalue weighted by Gasteiger charge is -2.20. The van der Waals surface area contributed by atoms with Crippen LogP contribution in [0, 0.1) is 0 Å². The fraction of sp³-hybridized carbons (Fsp3) is 0.400. The Hall–Kier alpha value is -2.02. The lowest BCUT2D eigenvalue weighted by molar-refractivity contribution is -0.119. The van der Waals surface area contributed by atoms with Gasteiger partial charge in [0.15, 0.2) is 0 Å². The van der Waals surface area contributed by atoms with Crippen LogP contribution in [0.15, 0.2) is 29.2 Å². The SMILES string of the molecule is C[C@@H](NC(=O)c1ccccc1SC(=O)NC(C)(C)C)C(N)=O. The van der Waals surface area contributed by atoms with Gasteiger partial charge in [0.05, 0.1) is 5.56 Å². The quantitative estimate of drug-likeness (QED) is 0.736. The molecule has 6 nitrogen and oxygen atoms in total. The van der Waals surface area contributed by atoms with Gasteiger partial charge in [0, 0.05) is 10.4 Å². The number of hydrogen-bond donors (Lipinski definition) is 3. The Morgan fingerprint density at radius 2 is 1.77 bits per heavy atom. The molecular weight excluding hydrogens is 302 g/mol. The average molecular weight is 323 g/mol. The van der Waals surface area contributed by atoms with Gasteiger partial charge in [-0.05, 0) is 51.6 Å². The third kappa shape index (κ3) is 5.77. The summed E-state index contributed by atoms with van der Waals surface area (Å²) >= 11 is 0.934. The number of nitrogens with two attached hydrogens (primary N) is 1. The van der Waals surface area contributed by atoms with Crippen LogP contribution in [0.25, 0.3) is 0 Å². The van der Waals surface area contributed by atoms with E-state index >= 15 is 0 Å². The monoisotopic (exact) mass is 323 g/mol. The third-order valence-corrected chi connectivity index (χ3v) is 3.45. The number of benzene rings is 1. The summed E-state index contributed by atoms with van der Waals surface area (Å²) in [5.41, 5.74) is 5.09. The molecule has 0 aliphatic rings. The highest BCUT2D eigenvalue weighted by Crippen LogP contribution is 2.24. The van der Waals surface area contributed by atoms with E-state index in [0.717, 1.165) is 11.8 Å². The molecule has 0 saturated carbocycles. The van der Waals surface area contributed by atoms with Crippen LogP contribution in [-0.2, 0) is 4.79 Å². The maximum Gasteiger partial charge on any atom is 0.284 e. The normalized spacial score (nSPS) is 12.4. The highest BCUT2D eigenvalue weighted by molar-refractivity contribution is 8.13. The maximum atomic E-state index is 12.2. The second-order valence-electron chi connectivity index (χ2n) is 5.86. The molecule has 0 aliphatic carbocycles. The molecule has 0 heterocycles. The summed E-state index contributed by atoms with van der Waals surface area (Å²) < 4.78 is 0. The smallest absolute Gasteiger partial charge is 0.284 e. The molecule has 0 aliphatic heterocycles. The van der Waals surface area contributed by atoms with Gasteiger partial charge in [-0.25, -0.2) is 0 Å². The first-order valence-corrected chi connectivity index (χ1v) is 7.61. The van der Waals surface area contributed by atoms with Crippen molar-refractivity contribution in [2.45, 2.75) is 44.2 Å². The van der Waals surface area contributed by atoms with Crippen molar-refractivity contribution < 1.29 is 14.4 Å². The lowest BCUT2D eigenvalue weighted by atomic mass is 10.1. The summed E-state index contributed by atoms with van der Waals surface area (Å²) in [7, 11) is 0. The molecule has 22 heavy (non-hydrogen) atoms. The first-order chi connectivity index (χ1) is 10.1. The standard InChI is InChI=1S/C15H21N3O3S/c1-9(12(16)19)17-13(20)10-7-5-6-8-11(10)22-14(21)18-15(2,3)4/h5-9H,1-4H3,(H2,16,19)(H,17,20)(H,18,21)/t9-/m1/s1. The Labute approximate surface area is 134 Å². The van der Waals surface area contributed by atoms with Crippen molar-refractivity contribution in [3.05, 3.63) is 29.8 Å². The van der Waals surface area contributed by atoms with Gasteiger partial charge in [-0.15, -0.1) is 0 Å². The van der Waals surface area contributed by atoms with Gasteiger partial charge in [0.25, 0.3) is 11.1 Å². The number of thioether (sulfide) groups is 1. The van der Waals surface area contributed by atoms with Gasteiger partial charge in [-0.1, -0.05) is 12.1 Å². The molecule has 0 spiro atoms. The Kier molecular flexibility index (Phi) is 5.99. The Balaban J connectivity index is 2.88. The van der Waals surface area contributed by atoms with E-state index in [1.54, 1.807) is 24.3 Å². The van der Waals surface area contributed by atoms with Crippen molar-refractivity contribution in [1.82, 2.24) is 10.6 Å². The zero-order valence-electron chi connectivity index (χ0n) is 13.1. The third-order valence-electron chi connectivity index (χ3n) is 2.59. The highest BCUT2D eigenvalue weighted by Gasteiger charge is 2.20. The minimum absolute atomic E-state index is 0.254. The van der Waals surface area contributed by atoms with Gasteiger partial charge >= 0.3 is 0 Å². The van der Waals surface area contributed by atoms with Crippen LogP contribution in [0.5, 0.6) is 0 Å². The molecule has 0 aromatic heterocycles. The van der Waals surface area contributed by atoms with Crippen molar-refractivity contribution in [3.8, 4) is 0 Å². The van der Waals surface area contributed by atoms with E-state index in [9.17, 15) is 14.4 Å². The van der Waals surface area contributed by atoms with Gasteiger partial charge < -0.3 is 16.4 Å². The molecule has 0 radical (unpaired) electrons. The van der Waals surface area contributed by atoms with Crippen LogP contribution in [0.2, 0.25) is 0 Å². The second kappa shape index (κ2) is 7.31. The van der Waals surface area contributed by atoms with Crippen molar-refractivity contribution in [2.24, 2.45) is 5.73 Å². The zero-order valence-corrected chi connectivity index (χ0v) is 13.9. The molecule has 0 fully saturated rings. The number of carbonyl (C=O) groups is 3. The van der Waals surface area contributed by atoms with Crippen molar-refractivity contribution in [1.29, 1.82) is 0 Å². The molecule has 1 rings (SSSR count). The van der Waals surface area contributed by atoms with Crippen molar-refractivity contribution >= 4 is 28.8 Å². The fourth-order valence-electron chi connectivity index (χ4n) is 1.52. The van der Waals surface area contributed by atoms with E-state index in [1.807, 2.05) is 20.8 Å². The van der Waals surface area contributed by atoms with Crippen molar-refractivity contribution in [3.63, 3.8) is 0 Å². The average Bonchev–Trinajstić information content (AvgIpc) is 2.36. The van der Waals surface area contributed by atoms with E-state index in [1.165, 1.54) is 6.92 Å². The van der Waals surface area contributed by atoms with E-state index in [0.29, 0.717) is 10.5 Å². The predicted octanol–water partition coefficient (Wildman–Crippen LogP) is 1.89. The number of nitrogens with one attached hydrogen (secondary N) is 2. The van der Waals surface area contributed by atoms with E-state index in [-0.39, 0.29) is 10.8 Å². The number of primary amides is 1. The van der Waals surface area contributed by atoms with Crippen LogP contribution < -0.4 is 16.4 Å². The minimum atomic E-state index is -0.783. The molecule has 7 heteroatoms. The second-order valence-corrected chi connectivity index (χ2v) is 6.87. The molecular formula is C15H21N3O3S. The molecule has 0 saturated heterocycles. The molecule has 1 atom stereocenters. The van der Waals surface area contributed by atoms with E-state index in [2.05, 4.69) is 10.6 Å². The van der Waals surface area contributed by atoms with Crippen molar-refractivity contribution in [2.75, 3.05) is 0 Å². The topological polar surface area (TPSA) is 101 Å². The molecule has 3 amide bonds. The zero-order chi connectivity index (χ0) is 16.9. The summed E-state index contributed by atoms with van der Waals surface area (Å²) in [6, 6.07) is 5.91. The van der Waals surface area contributed by atoms with Crippen LogP contribution >= 0.6 is 11.8 Å². The van der Waals surface area contributed by atoms with Gasteiger partial charge in [-0.2, -0.15) is 0 Å². The highest BCUT2D eigenvalue weighted by atomic mass is 32.2. The van der Waals surface area contributed by atoms with Crippen LogP contribution in [0.1, 0.15) is 38.1 Å². The maximum absolute atomic E-state index is 12.2. The number of rotatable bonds is 4. The van der Waals surface area contributed by atoms with Gasteiger partial charge in [0.2, 0.25) is 5.91 Å². The molecule has 0 unspecified atom stereocenters. The molecule has 4 N–H and O–H groups in total. The Morgan fingerprint density at radius 1 is 1.18 bits per heavy atom. The van der Waals surface area contributed by atoms with Gasteiger partial charge in [0.1, 0.15) is 6.04 Å². The fourth-order valence-corrected chi connectivity index (χ4v) is 2.49. The lowest BCUT2D eigenvalue weighted by Crippen LogP contribution is -2.42. The number of amides is 3. The van der Waals surface area contributed by atoms with Crippen LogP contribution in [-0.4, -0.2) is 28.6 Å². The Morgan fingerprint density at radius 3 is 2.32 bits per heavy atom. The van der Waals surface area contributed by atoms with E-state index in [4.69, 9.17) is 5.73 Å². The molecule has 120 valence electrons. The summed E-state index contributed by atoms with van der Waals surface area (Å²) in [5.74, 6) is -1.07. The minimum Gasteiger partial charge on any atom is -0.368 e. The first kappa shape index (κ1) is 18.0. The number of carbonyl (C=O) groups excluding carboxylic acids is 3. The molecule has 1 aromatic rings. The summed E-state index contributed by atoms with van der Waals surface area (Å²) in [6.07, 6.45) is 0. The van der Waals surface area contributed by atoms with E-state index < -0.39 is 17.9 Å². The predicted molar refractivity (Wildman–Crippen MR) is 86.7 cm³/mol. The van der Waals surface area contributed by atoms with Crippen LogP contribution in [0.3, 0.4) is 0 Å². The van der Waals surface area contributed by atoms with Crippen LogP contribution in [0.4, 0.5) is 4.79 Å². The summed E-state index contributed by atoms with van der Waals surface area (Å²) in [4.78, 5) is 35.7. The summed E-state index contributed by atoms with van der Waals surface area (Å²) in [6.45, 7) is 7.12. The van der Waals surface area contributed by atoms with Gasteiger partial charge in [-0.3, -0.25) is 14.4 Å². The summed E-state index contributed by atoms with van der Waals surface area (Å²) in [5, 5.41) is 5.06. The number of hydrogen-bond acceptors (Lipinski definition) is 4.